The highest BCUT2D eigenvalue weighted by Gasteiger charge is 2.27. The first kappa shape index (κ1) is 14.0. The molecule has 1 fully saturated rings. The van der Waals surface area contributed by atoms with Gasteiger partial charge in [0.25, 0.3) is 0 Å². The smallest absolute Gasteiger partial charge is 0.305 e. The van der Waals surface area contributed by atoms with Gasteiger partial charge in [-0.15, -0.1) is 0 Å². The number of hydrogen-bond acceptors (Lipinski definition) is 3. The lowest BCUT2D eigenvalue weighted by molar-refractivity contribution is -0.139. The highest BCUT2D eigenvalue weighted by molar-refractivity contribution is 5.68. The van der Waals surface area contributed by atoms with Gasteiger partial charge < -0.3 is 9.84 Å². The number of carboxylic acids is 1. The van der Waals surface area contributed by atoms with Gasteiger partial charge in [-0.05, 0) is 30.5 Å². The third kappa shape index (κ3) is 3.33. The van der Waals surface area contributed by atoms with Crippen molar-refractivity contribution in [3.8, 4) is 0 Å². The molecule has 1 heterocycles. The van der Waals surface area contributed by atoms with Crippen LogP contribution < -0.4 is 0 Å². The van der Waals surface area contributed by atoms with Crippen LogP contribution in [0.3, 0.4) is 0 Å². The molecule has 1 aromatic rings. The maximum absolute atomic E-state index is 11.2. The fraction of sp³-hybridized carbons (Fsp3) is 0.533. The minimum Gasteiger partial charge on any atom is -0.481 e. The average Bonchev–Trinajstić information content (AvgIpc) is 2.38. The molecule has 2 rings (SSSR count). The van der Waals surface area contributed by atoms with Gasteiger partial charge in [0.1, 0.15) is 0 Å². The molecule has 0 aromatic heterocycles. The van der Waals surface area contributed by atoms with Gasteiger partial charge in [-0.2, -0.15) is 0 Å². The van der Waals surface area contributed by atoms with Crippen LogP contribution in [-0.2, 0) is 9.53 Å². The van der Waals surface area contributed by atoms with E-state index in [1.54, 1.807) is 0 Å². The Labute approximate surface area is 114 Å². The second-order valence-corrected chi connectivity index (χ2v) is 5.07. The summed E-state index contributed by atoms with van der Waals surface area (Å²) in [5, 5.41) is 9.20. The van der Waals surface area contributed by atoms with Crippen LogP contribution in [0.1, 0.15) is 29.2 Å². The highest BCUT2D eigenvalue weighted by Crippen LogP contribution is 2.30. The molecule has 4 nitrogen and oxygen atoms in total. The Balaban J connectivity index is 2.33. The van der Waals surface area contributed by atoms with Crippen LogP contribution in [0.5, 0.6) is 0 Å². The number of benzene rings is 1. The number of ether oxygens (including phenoxy) is 1. The topological polar surface area (TPSA) is 49.8 Å². The van der Waals surface area contributed by atoms with Crippen LogP contribution in [0.25, 0.3) is 0 Å². The van der Waals surface area contributed by atoms with Gasteiger partial charge in [0.15, 0.2) is 0 Å². The van der Waals surface area contributed by atoms with Gasteiger partial charge in [0, 0.05) is 19.1 Å². The fourth-order valence-corrected chi connectivity index (χ4v) is 2.82. The summed E-state index contributed by atoms with van der Waals surface area (Å²) < 4.78 is 5.36. The first-order chi connectivity index (χ1) is 9.09. The molecule has 19 heavy (non-hydrogen) atoms. The molecular formula is C15H21NO3. The van der Waals surface area contributed by atoms with E-state index < -0.39 is 5.97 Å². The lowest BCUT2D eigenvalue weighted by Crippen LogP contribution is -2.40. The molecule has 0 aliphatic carbocycles. The number of carboxylic acid groups (broad SMARTS) is 1. The van der Waals surface area contributed by atoms with Gasteiger partial charge in [0.05, 0.1) is 19.6 Å². The van der Waals surface area contributed by atoms with Crippen molar-refractivity contribution < 1.29 is 14.6 Å². The standard InChI is InChI=1S/C15H21NO3/c1-11-4-3-5-12(2)15(11)13(10-14(17)18)16-6-8-19-9-7-16/h3-5,13H,6-10H2,1-2H3,(H,17,18). The van der Waals surface area contributed by atoms with Gasteiger partial charge in [-0.1, -0.05) is 18.2 Å². The molecule has 1 saturated heterocycles. The molecule has 1 N–H and O–H groups in total. The van der Waals surface area contributed by atoms with Crippen molar-refractivity contribution in [1.29, 1.82) is 0 Å². The van der Waals surface area contributed by atoms with E-state index in [1.807, 2.05) is 6.07 Å². The third-order valence-corrected chi connectivity index (χ3v) is 3.73. The van der Waals surface area contributed by atoms with Crippen LogP contribution in [0, 0.1) is 13.8 Å². The second kappa shape index (κ2) is 6.17. The SMILES string of the molecule is Cc1cccc(C)c1C(CC(=O)O)N1CCOCC1. The number of rotatable bonds is 4. The Hall–Kier alpha value is -1.39. The van der Waals surface area contributed by atoms with E-state index in [0.29, 0.717) is 13.2 Å². The molecule has 1 unspecified atom stereocenters. The van der Waals surface area contributed by atoms with Crippen LogP contribution >= 0.6 is 0 Å². The summed E-state index contributed by atoms with van der Waals surface area (Å²) in [6, 6.07) is 6.07. The summed E-state index contributed by atoms with van der Waals surface area (Å²) in [6.45, 7) is 7.06. The molecule has 104 valence electrons. The molecule has 0 saturated carbocycles. The minimum atomic E-state index is -0.751. The molecule has 0 amide bonds. The lowest BCUT2D eigenvalue weighted by Gasteiger charge is -2.35. The number of aryl methyl sites for hydroxylation is 2. The van der Waals surface area contributed by atoms with E-state index in [1.165, 1.54) is 0 Å². The van der Waals surface area contributed by atoms with E-state index in [-0.39, 0.29) is 12.5 Å². The number of hydrogen-bond donors (Lipinski definition) is 1. The quantitative estimate of drug-likeness (QED) is 0.904. The Kier molecular flexibility index (Phi) is 4.56. The summed E-state index contributed by atoms with van der Waals surface area (Å²) >= 11 is 0. The fourth-order valence-electron chi connectivity index (χ4n) is 2.82. The van der Waals surface area contributed by atoms with E-state index in [4.69, 9.17) is 4.74 Å². The Bertz CT molecular complexity index is 432. The minimum absolute atomic E-state index is 0.0531. The zero-order valence-corrected chi connectivity index (χ0v) is 11.6. The summed E-state index contributed by atoms with van der Waals surface area (Å²) in [6.07, 6.45) is 0.145. The summed E-state index contributed by atoms with van der Waals surface area (Å²) in [5.41, 5.74) is 3.49. The highest BCUT2D eigenvalue weighted by atomic mass is 16.5. The maximum Gasteiger partial charge on any atom is 0.305 e. The van der Waals surface area contributed by atoms with Gasteiger partial charge in [0.2, 0.25) is 0 Å². The van der Waals surface area contributed by atoms with E-state index in [0.717, 1.165) is 29.8 Å². The predicted octanol–water partition coefficient (Wildman–Crippen LogP) is 2.15. The molecule has 1 aliphatic rings. The van der Waals surface area contributed by atoms with Crippen molar-refractivity contribution in [1.82, 2.24) is 4.90 Å². The van der Waals surface area contributed by atoms with E-state index in [9.17, 15) is 9.90 Å². The number of nitrogens with zero attached hydrogens (tertiary/aromatic N) is 1. The predicted molar refractivity (Wildman–Crippen MR) is 73.3 cm³/mol. The Morgan fingerprint density at radius 3 is 2.42 bits per heavy atom. The van der Waals surface area contributed by atoms with Crippen molar-refractivity contribution in [3.05, 3.63) is 34.9 Å². The van der Waals surface area contributed by atoms with Gasteiger partial charge in [-0.3, -0.25) is 9.69 Å². The molecule has 0 spiro atoms. The molecule has 0 bridgehead atoms. The normalized spacial score (nSPS) is 18.2. The monoisotopic (exact) mass is 263 g/mol. The van der Waals surface area contributed by atoms with Gasteiger partial charge in [-0.25, -0.2) is 0 Å². The van der Waals surface area contributed by atoms with Crippen molar-refractivity contribution in [3.63, 3.8) is 0 Å². The number of morpholine rings is 1. The molecule has 1 aromatic carbocycles. The first-order valence-corrected chi connectivity index (χ1v) is 6.69. The zero-order chi connectivity index (χ0) is 13.8. The third-order valence-electron chi connectivity index (χ3n) is 3.73. The summed E-state index contributed by atoms with van der Waals surface area (Å²) in [5.74, 6) is -0.751. The largest absolute Gasteiger partial charge is 0.481 e. The molecule has 0 radical (unpaired) electrons. The Morgan fingerprint density at radius 2 is 1.89 bits per heavy atom. The zero-order valence-electron chi connectivity index (χ0n) is 11.6. The summed E-state index contributed by atoms with van der Waals surface area (Å²) in [4.78, 5) is 13.4. The second-order valence-electron chi connectivity index (χ2n) is 5.07. The molecule has 4 heteroatoms. The van der Waals surface area contributed by atoms with Gasteiger partial charge >= 0.3 is 5.97 Å². The van der Waals surface area contributed by atoms with Crippen molar-refractivity contribution in [2.75, 3.05) is 26.3 Å². The number of carbonyl (C=O) groups is 1. The van der Waals surface area contributed by atoms with Crippen LogP contribution in [0.2, 0.25) is 0 Å². The average molecular weight is 263 g/mol. The first-order valence-electron chi connectivity index (χ1n) is 6.69. The van der Waals surface area contributed by atoms with E-state index >= 15 is 0 Å². The summed E-state index contributed by atoms with van der Waals surface area (Å²) in [7, 11) is 0. The molecule has 1 aliphatic heterocycles. The van der Waals surface area contributed by atoms with Crippen molar-refractivity contribution in [2.45, 2.75) is 26.3 Å². The lowest BCUT2D eigenvalue weighted by atomic mass is 9.92. The van der Waals surface area contributed by atoms with Crippen molar-refractivity contribution >= 4 is 5.97 Å². The molecule has 1 atom stereocenters. The van der Waals surface area contributed by atoms with E-state index in [2.05, 4.69) is 30.9 Å². The maximum atomic E-state index is 11.2. The molecular weight excluding hydrogens is 242 g/mol. The van der Waals surface area contributed by atoms with Crippen LogP contribution in [0.15, 0.2) is 18.2 Å². The van der Waals surface area contributed by atoms with Crippen LogP contribution in [0.4, 0.5) is 0 Å². The van der Waals surface area contributed by atoms with Crippen LogP contribution in [-0.4, -0.2) is 42.3 Å². The number of aliphatic carboxylic acids is 1. The Morgan fingerprint density at radius 1 is 1.32 bits per heavy atom. The van der Waals surface area contributed by atoms with Crippen molar-refractivity contribution in [2.24, 2.45) is 0 Å².